The fourth-order valence-electron chi connectivity index (χ4n) is 1.05. The number of hydrogen-bond acceptors (Lipinski definition) is 4. The van der Waals surface area contributed by atoms with E-state index in [1.807, 2.05) is 6.55 Å². The van der Waals surface area contributed by atoms with Gasteiger partial charge in [0.15, 0.2) is 0 Å². The van der Waals surface area contributed by atoms with Crippen molar-refractivity contribution in [1.82, 2.24) is 0 Å². The molecule has 0 amide bonds. The van der Waals surface area contributed by atoms with Crippen LogP contribution in [0.2, 0.25) is 12.6 Å². The van der Waals surface area contributed by atoms with E-state index in [1.165, 1.54) is 0 Å². The first kappa shape index (κ1) is 13.1. The molecule has 0 aliphatic heterocycles. The van der Waals surface area contributed by atoms with E-state index in [1.54, 1.807) is 14.2 Å². The van der Waals surface area contributed by atoms with Gasteiger partial charge in [0.2, 0.25) is 0 Å². The molecule has 0 spiro atoms. The molecule has 1 atom stereocenters. The summed E-state index contributed by atoms with van der Waals surface area (Å²) in [5.41, 5.74) is 5.75. The van der Waals surface area contributed by atoms with Crippen LogP contribution in [0.5, 0.6) is 0 Å². The van der Waals surface area contributed by atoms with Crippen molar-refractivity contribution < 1.29 is 14.0 Å². The van der Waals surface area contributed by atoms with Crippen molar-refractivity contribution in [1.29, 1.82) is 0 Å². The van der Waals surface area contributed by atoms with Crippen molar-refractivity contribution in [2.75, 3.05) is 20.8 Å². The Morgan fingerprint density at radius 3 is 2.23 bits per heavy atom. The molecule has 0 aliphatic carbocycles. The molecular weight excluding hydrogens is 186 g/mol. The Morgan fingerprint density at radius 1 is 1.31 bits per heavy atom. The minimum atomic E-state index is -1.95. The highest BCUT2D eigenvalue weighted by atomic mass is 28.4. The van der Waals surface area contributed by atoms with Crippen LogP contribution in [-0.2, 0) is 8.85 Å². The summed E-state index contributed by atoms with van der Waals surface area (Å²) in [6, 6.07) is 0.934. The summed E-state index contributed by atoms with van der Waals surface area (Å²) in [5.74, 6) is 0. The van der Waals surface area contributed by atoms with Gasteiger partial charge in [-0.05, 0) is 25.4 Å². The Bertz CT molecular complexity index is 131. The van der Waals surface area contributed by atoms with Gasteiger partial charge < -0.3 is 19.7 Å². The number of aliphatic hydroxyl groups is 1. The summed E-state index contributed by atoms with van der Waals surface area (Å²) in [5, 5.41) is 8.65. The summed E-state index contributed by atoms with van der Waals surface area (Å²) in [6.45, 7) is 2.16. The molecule has 0 aromatic heterocycles. The van der Waals surface area contributed by atoms with Crippen LogP contribution in [0.3, 0.4) is 0 Å². The highest BCUT2D eigenvalue weighted by Crippen LogP contribution is 2.15. The summed E-state index contributed by atoms with van der Waals surface area (Å²) in [4.78, 5) is 0. The molecule has 0 heterocycles. The van der Waals surface area contributed by atoms with Gasteiger partial charge in [0, 0.05) is 26.9 Å². The minimum Gasteiger partial charge on any atom is -0.398 e. The highest BCUT2D eigenvalue weighted by molar-refractivity contribution is 6.65. The molecule has 4 nitrogen and oxygen atoms in total. The van der Waals surface area contributed by atoms with Gasteiger partial charge in [-0.3, -0.25) is 0 Å². The third-order valence-corrected chi connectivity index (χ3v) is 5.26. The Morgan fingerprint density at radius 2 is 1.85 bits per heavy atom. The molecule has 0 aliphatic rings. The first-order valence-electron chi connectivity index (χ1n) is 4.54. The second-order valence-corrected chi connectivity index (χ2v) is 6.94. The van der Waals surface area contributed by atoms with Gasteiger partial charge in [-0.2, -0.15) is 0 Å². The van der Waals surface area contributed by atoms with Gasteiger partial charge in [0.05, 0.1) is 0 Å². The smallest absolute Gasteiger partial charge is 0.334 e. The molecule has 3 N–H and O–H groups in total. The third-order valence-electron chi connectivity index (χ3n) is 2.33. The molecule has 0 aromatic carbocycles. The van der Waals surface area contributed by atoms with Crippen LogP contribution in [0, 0.1) is 0 Å². The van der Waals surface area contributed by atoms with Crippen molar-refractivity contribution >= 4 is 8.56 Å². The molecule has 0 aromatic rings. The quantitative estimate of drug-likeness (QED) is 0.595. The Labute approximate surface area is 81.3 Å². The van der Waals surface area contributed by atoms with Crippen molar-refractivity contribution in [2.45, 2.75) is 31.5 Å². The average molecular weight is 207 g/mol. The van der Waals surface area contributed by atoms with Crippen LogP contribution in [-0.4, -0.2) is 40.5 Å². The molecule has 13 heavy (non-hydrogen) atoms. The minimum absolute atomic E-state index is 0.0575. The normalized spacial score (nSPS) is 14.5. The fraction of sp³-hybridized carbons (Fsp3) is 1.00. The molecule has 0 bridgehead atoms. The second-order valence-electron chi connectivity index (χ2n) is 3.35. The molecule has 0 fully saturated rings. The van der Waals surface area contributed by atoms with E-state index in [2.05, 4.69) is 0 Å². The van der Waals surface area contributed by atoms with E-state index in [-0.39, 0.29) is 12.6 Å². The number of rotatable bonds is 7. The van der Waals surface area contributed by atoms with E-state index in [0.29, 0.717) is 6.42 Å². The lowest BCUT2D eigenvalue weighted by Gasteiger charge is -2.23. The molecule has 1 unspecified atom stereocenters. The largest absolute Gasteiger partial charge is 0.398 e. The molecule has 0 saturated carbocycles. The zero-order valence-electron chi connectivity index (χ0n) is 8.75. The Balaban J connectivity index is 3.71. The van der Waals surface area contributed by atoms with E-state index in [9.17, 15) is 0 Å². The maximum atomic E-state index is 8.65. The van der Waals surface area contributed by atoms with Crippen molar-refractivity contribution in [3.63, 3.8) is 0 Å². The lowest BCUT2D eigenvalue weighted by atomic mass is 10.2. The Hall–Kier alpha value is 0.0569. The monoisotopic (exact) mass is 207 g/mol. The van der Waals surface area contributed by atoms with Crippen LogP contribution < -0.4 is 5.73 Å². The van der Waals surface area contributed by atoms with E-state index >= 15 is 0 Å². The van der Waals surface area contributed by atoms with Gasteiger partial charge in [-0.15, -0.1) is 0 Å². The van der Waals surface area contributed by atoms with Gasteiger partial charge in [-0.25, -0.2) is 0 Å². The van der Waals surface area contributed by atoms with Crippen LogP contribution in [0.4, 0.5) is 0 Å². The Kier molecular flexibility index (Phi) is 6.53. The predicted molar refractivity (Wildman–Crippen MR) is 54.7 cm³/mol. The SMILES string of the molecule is CO[Si](C)(CCC(N)CCO)OC. The van der Waals surface area contributed by atoms with Gasteiger partial charge in [0.25, 0.3) is 0 Å². The third kappa shape index (κ3) is 5.38. The van der Waals surface area contributed by atoms with Crippen LogP contribution in [0.15, 0.2) is 0 Å². The van der Waals surface area contributed by atoms with Crippen LogP contribution >= 0.6 is 0 Å². The molecule has 0 rings (SSSR count). The lowest BCUT2D eigenvalue weighted by Crippen LogP contribution is -2.38. The number of hydrogen-bond donors (Lipinski definition) is 2. The first-order valence-corrected chi connectivity index (χ1v) is 7.07. The molecule has 0 saturated heterocycles. The molecular formula is C8H21NO3Si. The van der Waals surface area contributed by atoms with E-state index in [4.69, 9.17) is 19.7 Å². The second kappa shape index (κ2) is 6.50. The topological polar surface area (TPSA) is 64.7 Å². The predicted octanol–water partition coefficient (Wildman–Crippen LogP) is 0.451. The number of aliphatic hydroxyl groups excluding tert-OH is 1. The average Bonchev–Trinajstić information content (AvgIpc) is 2.15. The lowest BCUT2D eigenvalue weighted by molar-refractivity contribution is 0.243. The summed E-state index contributed by atoms with van der Waals surface area (Å²) in [7, 11) is 1.40. The van der Waals surface area contributed by atoms with Gasteiger partial charge in [0.1, 0.15) is 0 Å². The summed E-state index contributed by atoms with van der Waals surface area (Å²) >= 11 is 0. The summed E-state index contributed by atoms with van der Waals surface area (Å²) in [6.07, 6.45) is 1.50. The maximum absolute atomic E-state index is 8.65. The van der Waals surface area contributed by atoms with Gasteiger partial charge in [-0.1, -0.05) is 0 Å². The van der Waals surface area contributed by atoms with E-state index in [0.717, 1.165) is 12.5 Å². The number of nitrogens with two attached hydrogens (primary N) is 1. The van der Waals surface area contributed by atoms with Crippen molar-refractivity contribution in [3.05, 3.63) is 0 Å². The zero-order chi connectivity index (χ0) is 10.3. The fourth-order valence-corrected chi connectivity index (χ4v) is 2.52. The maximum Gasteiger partial charge on any atom is 0.334 e. The van der Waals surface area contributed by atoms with Crippen molar-refractivity contribution in [3.8, 4) is 0 Å². The molecule has 0 radical (unpaired) electrons. The highest BCUT2D eigenvalue weighted by Gasteiger charge is 2.28. The van der Waals surface area contributed by atoms with E-state index < -0.39 is 8.56 Å². The molecule has 5 heteroatoms. The van der Waals surface area contributed by atoms with Crippen LogP contribution in [0.25, 0.3) is 0 Å². The van der Waals surface area contributed by atoms with Crippen LogP contribution in [0.1, 0.15) is 12.8 Å². The zero-order valence-corrected chi connectivity index (χ0v) is 9.75. The molecule has 80 valence electrons. The summed E-state index contributed by atoms with van der Waals surface area (Å²) < 4.78 is 10.6. The first-order chi connectivity index (χ1) is 6.08. The standard InChI is InChI=1S/C8H21NO3Si/c1-11-13(3,12-2)7-5-8(9)4-6-10/h8,10H,4-7,9H2,1-3H3. The van der Waals surface area contributed by atoms with Gasteiger partial charge >= 0.3 is 8.56 Å². The van der Waals surface area contributed by atoms with Crippen molar-refractivity contribution in [2.24, 2.45) is 5.73 Å².